The predicted molar refractivity (Wildman–Crippen MR) is 95.2 cm³/mol. The molecule has 4 rings (SSSR count). The smallest absolute Gasteiger partial charge is 0.326 e. The van der Waals surface area contributed by atoms with Gasteiger partial charge < -0.3 is 18.9 Å². The Morgan fingerprint density at radius 1 is 1.41 bits per heavy atom. The van der Waals surface area contributed by atoms with Crippen LogP contribution in [-0.2, 0) is 11.2 Å². The topological polar surface area (TPSA) is 110 Å². The Bertz CT molecular complexity index is 992. The van der Waals surface area contributed by atoms with Gasteiger partial charge >= 0.3 is 5.97 Å². The van der Waals surface area contributed by atoms with Gasteiger partial charge in [0.05, 0.1) is 22.9 Å². The lowest BCUT2D eigenvalue weighted by Gasteiger charge is -2.22. The molecule has 1 amide bonds. The molecule has 0 radical (unpaired) electrons. The highest BCUT2D eigenvalue weighted by Gasteiger charge is 2.36. The van der Waals surface area contributed by atoms with Crippen molar-refractivity contribution in [2.24, 2.45) is 0 Å². The molecule has 1 saturated heterocycles. The zero-order valence-corrected chi connectivity index (χ0v) is 14.8. The number of carbonyl (C=O) groups excluding carboxylic acids is 1. The van der Waals surface area contributed by atoms with Crippen LogP contribution in [-0.4, -0.2) is 44.6 Å². The summed E-state index contributed by atoms with van der Waals surface area (Å²) in [5.74, 6) is -0.840. The molecule has 140 valence electrons. The Morgan fingerprint density at radius 3 is 2.96 bits per heavy atom. The SMILES string of the molecule is CCCc1noc2nc(-c3ccco3)cc(C(=O)N3CCC[C@@H]3C(=O)O)c12. The summed E-state index contributed by atoms with van der Waals surface area (Å²) in [5, 5.41) is 14.1. The first-order valence-corrected chi connectivity index (χ1v) is 8.97. The van der Waals surface area contributed by atoms with E-state index in [4.69, 9.17) is 8.94 Å². The highest BCUT2D eigenvalue weighted by Crippen LogP contribution is 2.31. The molecular formula is C19H19N3O5. The van der Waals surface area contributed by atoms with E-state index < -0.39 is 12.0 Å². The van der Waals surface area contributed by atoms with Crippen LogP contribution in [0, 0.1) is 0 Å². The van der Waals surface area contributed by atoms with Crippen LogP contribution in [0.15, 0.2) is 33.4 Å². The molecule has 0 spiro atoms. The third-order valence-electron chi connectivity index (χ3n) is 4.81. The maximum Gasteiger partial charge on any atom is 0.326 e. The Hall–Kier alpha value is -3.16. The summed E-state index contributed by atoms with van der Waals surface area (Å²) in [5.41, 5.74) is 1.70. The van der Waals surface area contributed by atoms with Gasteiger partial charge in [-0.25, -0.2) is 9.78 Å². The number of carboxylic acids is 1. The van der Waals surface area contributed by atoms with E-state index in [1.165, 1.54) is 11.2 Å². The lowest BCUT2D eigenvalue weighted by molar-refractivity contribution is -0.141. The number of aromatic nitrogens is 2. The number of fused-ring (bicyclic) bond motifs is 1. The normalized spacial score (nSPS) is 16.9. The predicted octanol–water partition coefficient (Wildman–Crippen LogP) is 3.12. The summed E-state index contributed by atoms with van der Waals surface area (Å²) >= 11 is 0. The minimum atomic E-state index is -0.989. The van der Waals surface area contributed by atoms with E-state index in [0.29, 0.717) is 53.9 Å². The second kappa shape index (κ2) is 6.86. The van der Waals surface area contributed by atoms with E-state index in [-0.39, 0.29) is 11.6 Å². The minimum Gasteiger partial charge on any atom is -0.480 e. The molecule has 27 heavy (non-hydrogen) atoms. The van der Waals surface area contributed by atoms with E-state index in [1.54, 1.807) is 18.2 Å². The number of hydrogen-bond acceptors (Lipinski definition) is 6. The molecule has 4 heterocycles. The number of rotatable bonds is 5. The van der Waals surface area contributed by atoms with Crippen molar-refractivity contribution in [3.63, 3.8) is 0 Å². The minimum absolute atomic E-state index is 0.252. The Labute approximate surface area is 154 Å². The van der Waals surface area contributed by atoms with Gasteiger partial charge in [0.2, 0.25) is 0 Å². The van der Waals surface area contributed by atoms with Crippen molar-refractivity contribution in [2.45, 2.75) is 38.6 Å². The van der Waals surface area contributed by atoms with E-state index in [1.807, 2.05) is 6.92 Å². The van der Waals surface area contributed by atoms with Gasteiger partial charge in [0, 0.05) is 6.54 Å². The van der Waals surface area contributed by atoms with Gasteiger partial charge in [-0.3, -0.25) is 4.79 Å². The molecule has 1 fully saturated rings. The zero-order valence-electron chi connectivity index (χ0n) is 14.8. The summed E-state index contributed by atoms with van der Waals surface area (Å²) in [6.07, 6.45) is 4.10. The van der Waals surface area contributed by atoms with E-state index in [2.05, 4.69) is 10.1 Å². The molecule has 1 aliphatic heterocycles. The first-order valence-electron chi connectivity index (χ1n) is 8.97. The van der Waals surface area contributed by atoms with Crippen LogP contribution in [0.25, 0.3) is 22.6 Å². The molecule has 1 N–H and O–H groups in total. The van der Waals surface area contributed by atoms with E-state index in [9.17, 15) is 14.7 Å². The van der Waals surface area contributed by atoms with Gasteiger partial charge in [0.15, 0.2) is 5.76 Å². The van der Waals surface area contributed by atoms with E-state index >= 15 is 0 Å². The molecule has 8 nitrogen and oxygen atoms in total. The van der Waals surface area contributed by atoms with Crippen molar-refractivity contribution >= 4 is 23.0 Å². The molecule has 8 heteroatoms. The van der Waals surface area contributed by atoms with Crippen molar-refractivity contribution in [1.29, 1.82) is 0 Å². The third-order valence-corrected chi connectivity index (χ3v) is 4.81. The molecule has 0 aliphatic carbocycles. The standard InChI is InChI=1S/C19H19N3O5/c1-2-5-12-16-11(18(23)22-8-3-6-14(22)19(24)25)10-13(15-7-4-9-26-15)20-17(16)27-21-12/h4,7,9-10,14H,2-3,5-6,8H2,1H3,(H,24,25)/t14-/m1/s1. The van der Waals surface area contributed by atoms with Gasteiger partial charge in [-0.2, -0.15) is 0 Å². The summed E-state index contributed by atoms with van der Waals surface area (Å²) < 4.78 is 10.8. The summed E-state index contributed by atoms with van der Waals surface area (Å²) in [4.78, 5) is 30.7. The monoisotopic (exact) mass is 369 g/mol. The average molecular weight is 369 g/mol. The van der Waals surface area contributed by atoms with Gasteiger partial charge in [-0.15, -0.1) is 0 Å². The third kappa shape index (κ3) is 2.97. The first kappa shape index (κ1) is 17.3. The van der Waals surface area contributed by atoms with Gasteiger partial charge in [-0.1, -0.05) is 18.5 Å². The molecule has 1 aliphatic rings. The molecular weight excluding hydrogens is 350 g/mol. The van der Waals surface area contributed by atoms with Gasteiger partial charge in [0.1, 0.15) is 11.7 Å². The first-order chi connectivity index (χ1) is 13.1. The van der Waals surface area contributed by atoms with Crippen molar-refractivity contribution in [3.8, 4) is 11.5 Å². The zero-order chi connectivity index (χ0) is 19.0. The van der Waals surface area contributed by atoms with Crippen molar-refractivity contribution in [3.05, 3.63) is 35.7 Å². The Balaban J connectivity index is 1.87. The second-order valence-corrected chi connectivity index (χ2v) is 6.59. The average Bonchev–Trinajstić information content (AvgIpc) is 3.40. The number of likely N-dealkylation sites (tertiary alicyclic amines) is 1. The number of amides is 1. The fourth-order valence-corrected chi connectivity index (χ4v) is 3.56. The number of hydrogen-bond donors (Lipinski definition) is 1. The summed E-state index contributed by atoms with van der Waals surface area (Å²) in [6, 6.07) is 4.29. The molecule has 3 aromatic rings. The molecule has 3 aromatic heterocycles. The fourth-order valence-electron chi connectivity index (χ4n) is 3.56. The van der Waals surface area contributed by atoms with Crippen LogP contribution < -0.4 is 0 Å². The number of pyridine rings is 1. The van der Waals surface area contributed by atoms with Crippen LogP contribution in [0.4, 0.5) is 0 Å². The van der Waals surface area contributed by atoms with E-state index in [0.717, 1.165) is 6.42 Å². The Morgan fingerprint density at radius 2 is 2.26 bits per heavy atom. The number of furan rings is 1. The van der Waals surface area contributed by atoms with Crippen molar-refractivity contribution < 1.29 is 23.6 Å². The fraction of sp³-hybridized carbons (Fsp3) is 0.368. The van der Waals surface area contributed by atoms with Crippen LogP contribution in [0.2, 0.25) is 0 Å². The lowest BCUT2D eigenvalue weighted by Crippen LogP contribution is -2.40. The van der Waals surface area contributed by atoms with Crippen molar-refractivity contribution in [2.75, 3.05) is 6.54 Å². The number of carboxylic acid groups (broad SMARTS) is 1. The van der Waals surface area contributed by atoms with Crippen LogP contribution in [0.1, 0.15) is 42.2 Å². The quantitative estimate of drug-likeness (QED) is 0.735. The maximum absolute atomic E-state index is 13.3. The van der Waals surface area contributed by atoms with Gasteiger partial charge in [0.25, 0.3) is 11.6 Å². The summed E-state index contributed by atoms with van der Waals surface area (Å²) in [6.45, 7) is 2.41. The highest BCUT2D eigenvalue weighted by atomic mass is 16.5. The number of aliphatic carboxylic acids is 1. The number of aryl methyl sites for hydroxylation is 1. The Kier molecular flexibility index (Phi) is 4.39. The summed E-state index contributed by atoms with van der Waals surface area (Å²) in [7, 11) is 0. The van der Waals surface area contributed by atoms with Crippen LogP contribution in [0.3, 0.4) is 0 Å². The molecule has 0 unspecified atom stereocenters. The van der Waals surface area contributed by atoms with Crippen LogP contribution >= 0.6 is 0 Å². The molecule has 1 atom stereocenters. The molecule has 0 saturated carbocycles. The lowest BCUT2D eigenvalue weighted by atomic mass is 10.0. The van der Waals surface area contributed by atoms with Crippen molar-refractivity contribution in [1.82, 2.24) is 15.0 Å². The highest BCUT2D eigenvalue weighted by molar-refractivity contribution is 6.08. The number of carbonyl (C=O) groups is 2. The largest absolute Gasteiger partial charge is 0.480 e. The van der Waals surface area contributed by atoms with Crippen LogP contribution in [0.5, 0.6) is 0 Å². The molecule has 0 bridgehead atoms. The maximum atomic E-state index is 13.3. The molecule has 0 aromatic carbocycles. The second-order valence-electron chi connectivity index (χ2n) is 6.59. The number of nitrogens with zero attached hydrogens (tertiary/aromatic N) is 3. The van der Waals surface area contributed by atoms with Gasteiger partial charge in [-0.05, 0) is 37.5 Å².